The van der Waals surface area contributed by atoms with Gasteiger partial charge in [0.05, 0.1) is 12.7 Å². The molecule has 20 heavy (non-hydrogen) atoms. The van der Waals surface area contributed by atoms with Gasteiger partial charge in [0.1, 0.15) is 12.4 Å². The molecular formula is C16H20O3S. The van der Waals surface area contributed by atoms with Crippen molar-refractivity contribution >= 4 is 11.8 Å². The summed E-state index contributed by atoms with van der Waals surface area (Å²) in [6.07, 6.45) is 1.50. The highest BCUT2D eigenvalue weighted by Gasteiger charge is 2.23. The maximum absolute atomic E-state index is 8.68. The average Bonchev–Trinajstić information content (AvgIpc) is 2.87. The number of rotatable bonds is 5. The van der Waals surface area contributed by atoms with Gasteiger partial charge in [-0.1, -0.05) is 17.9 Å². The molecule has 0 radical (unpaired) electrons. The molecule has 1 aliphatic heterocycles. The normalized spacial score (nSPS) is 21.3. The smallest absolute Gasteiger partial charge is 0.120 e. The molecule has 1 aromatic carbocycles. The van der Waals surface area contributed by atoms with E-state index in [-0.39, 0.29) is 6.61 Å². The van der Waals surface area contributed by atoms with Gasteiger partial charge >= 0.3 is 0 Å². The molecule has 2 unspecified atom stereocenters. The molecule has 2 atom stereocenters. The lowest BCUT2D eigenvalue weighted by atomic mass is 10.2. The summed E-state index contributed by atoms with van der Waals surface area (Å²) in [7, 11) is 0. The first-order valence-electron chi connectivity index (χ1n) is 6.85. The lowest BCUT2D eigenvalue weighted by Gasteiger charge is -2.13. The van der Waals surface area contributed by atoms with Crippen molar-refractivity contribution in [3.63, 3.8) is 0 Å². The summed E-state index contributed by atoms with van der Waals surface area (Å²) in [6, 6.07) is 7.64. The number of hydrogen-bond donors (Lipinski definition) is 1. The molecule has 3 nitrogen and oxygen atoms in total. The summed E-state index contributed by atoms with van der Waals surface area (Å²) in [4.78, 5) is 0. The third-order valence-electron chi connectivity index (χ3n) is 3.14. The van der Waals surface area contributed by atoms with Gasteiger partial charge in [0.15, 0.2) is 0 Å². The second-order valence-corrected chi connectivity index (χ2v) is 5.96. The third-order valence-corrected chi connectivity index (χ3v) is 4.59. The number of hydrogen-bond acceptors (Lipinski definition) is 4. The van der Waals surface area contributed by atoms with Crippen molar-refractivity contribution in [1.82, 2.24) is 0 Å². The molecule has 0 amide bonds. The van der Waals surface area contributed by atoms with Gasteiger partial charge in [-0.3, -0.25) is 0 Å². The van der Waals surface area contributed by atoms with Crippen LogP contribution in [-0.2, 0) is 4.74 Å². The van der Waals surface area contributed by atoms with Crippen LogP contribution in [0.1, 0.15) is 18.9 Å². The Labute approximate surface area is 124 Å². The molecule has 0 aromatic heterocycles. The van der Waals surface area contributed by atoms with E-state index in [1.165, 1.54) is 0 Å². The summed E-state index contributed by atoms with van der Waals surface area (Å²) in [6.45, 7) is 3.58. The van der Waals surface area contributed by atoms with Crippen molar-refractivity contribution in [3.05, 3.63) is 29.8 Å². The molecule has 1 aromatic rings. The quantitative estimate of drug-likeness (QED) is 0.668. The highest BCUT2D eigenvalue weighted by atomic mass is 32.2. The maximum Gasteiger partial charge on any atom is 0.120 e. The highest BCUT2D eigenvalue weighted by molar-refractivity contribution is 8.00. The van der Waals surface area contributed by atoms with E-state index >= 15 is 0 Å². The van der Waals surface area contributed by atoms with Gasteiger partial charge < -0.3 is 14.6 Å². The Kier molecular flexibility index (Phi) is 6.25. The Balaban J connectivity index is 1.73. The fourth-order valence-corrected chi connectivity index (χ4v) is 3.19. The monoisotopic (exact) mass is 292 g/mol. The topological polar surface area (TPSA) is 38.7 Å². The summed E-state index contributed by atoms with van der Waals surface area (Å²) in [5.74, 6) is 7.30. The Hall–Kier alpha value is -1.15. The minimum absolute atomic E-state index is 0.122. The average molecular weight is 292 g/mol. The molecular weight excluding hydrogens is 272 g/mol. The zero-order valence-corrected chi connectivity index (χ0v) is 12.5. The minimum atomic E-state index is -0.122. The van der Waals surface area contributed by atoms with Gasteiger partial charge in [0.25, 0.3) is 0 Å². The van der Waals surface area contributed by atoms with Crippen LogP contribution in [0.5, 0.6) is 5.75 Å². The number of benzene rings is 1. The van der Waals surface area contributed by atoms with E-state index in [0.29, 0.717) is 18.0 Å². The molecule has 0 spiro atoms. The SMILES string of the molecule is CC1OCCC1SCCOc1cccc(C#CCO)c1. The van der Waals surface area contributed by atoms with Crippen LogP contribution in [-0.4, -0.2) is 42.0 Å². The number of thioether (sulfide) groups is 1. The fourth-order valence-electron chi connectivity index (χ4n) is 2.10. The van der Waals surface area contributed by atoms with E-state index < -0.39 is 0 Å². The first kappa shape index (κ1) is 15.2. The van der Waals surface area contributed by atoms with Crippen molar-refractivity contribution in [2.45, 2.75) is 24.7 Å². The van der Waals surface area contributed by atoms with Gasteiger partial charge in [0, 0.05) is 23.2 Å². The lowest BCUT2D eigenvalue weighted by Crippen LogP contribution is -2.15. The Bertz CT molecular complexity index is 478. The van der Waals surface area contributed by atoms with Crippen molar-refractivity contribution in [1.29, 1.82) is 0 Å². The lowest BCUT2D eigenvalue weighted by molar-refractivity contribution is 0.127. The zero-order chi connectivity index (χ0) is 14.2. The standard InChI is InChI=1S/C16H20O3S/c1-13-16(7-9-18-13)20-11-10-19-15-6-2-4-14(12-15)5-3-8-17/h2,4,6,12-13,16-17H,7-11H2,1H3. The van der Waals surface area contributed by atoms with E-state index in [1.807, 2.05) is 36.0 Å². The van der Waals surface area contributed by atoms with Crippen molar-refractivity contribution in [2.75, 3.05) is 25.6 Å². The van der Waals surface area contributed by atoms with Crippen LogP contribution in [0.15, 0.2) is 24.3 Å². The second-order valence-electron chi connectivity index (χ2n) is 4.61. The summed E-state index contributed by atoms with van der Waals surface area (Å²) in [5, 5.41) is 9.28. The summed E-state index contributed by atoms with van der Waals surface area (Å²) >= 11 is 1.92. The predicted octanol–water partition coefficient (Wildman–Crippen LogP) is 2.32. The molecule has 1 aliphatic rings. The summed E-state index contributed by atoms with van der Waals surface area (Å²) in [5.41, 5.74) is 0.863. The van der Waals surface area contributed by atoms with Gasteiger partial charge in [0.2, 0.25) is 0 Å². The van der Waals surface area contributed by atoms with Gasteiger partial charge in [-0.15, -0.1) is 0 Å². The number of aliphatic hydroxyl groups is 1. The van der Waals surface area contributed by atoms with Gasteiger partial charge in [-0.25, -0.2) is 0 Å². The van der Waals surface area contributed by atoms with Crippen LogP contribution >= 0.6 is 11.8 Å². The highest BCUT2D eigenvalue weighted by Crippen LogP contribution is 2.26. The Morgan fingerprint density at radius 3 is 3.15 bits per heavy atom. The minimum Gasteiger partial charge on any atom is -0.493 e. The van der Waals surface area contributed by atoms with Crippen molar-refractivity contribution in [2.24, 2.45) is 0 Å². The van der Waals surface area contributed by atoms with Gasteiger partial charge in [-0.2, -0.15) is 11.8 Å². The second kappa shape index (κ2) is 8.21. The predicted molar refractivity (Wildman–Crippen MR) is 82.2 cm³/mol. The molecule has 2 rings (SSSR count). The van der Waals surface area contributed by atoms with Crippen LogP contribution in [0.25, 0.3) is 0 Å². The molecule has 0 aliphatic carbocycles. The molecule has 0 bridgehead atoms. The van der Waals surface area contributed by atoms with Gasteiger partial charge in [-0.05, 0) is 31.5 Å². The molecule has 108 valence electrons. The molecule has 0 saturated carbocycles. The van der Waals surface area contributed by atoms with Crippen molar-refractivity contribution in [3.8, 4) is 17.6 Å². The molecule has 1 saturated heterocycles. The van der Waals surface area contributed by atoms with E-state index in [2.05, 4.69) is 18.8 Å². The molecule has 1 N–H and O–H groups in total. The number of ether oxygens (including phenoxy) is 2. The van der Waals surface area contributed by atoms with Crippen LogP contribution < -0.4 is 4.74 Å². The van der Waals surface area contributed by atoms with Crippen LogP contribution in [0, 0.1) is 11.8 Å². The molecule has 1 fully saturated rings. The van der Waals surface area contributed by atoms with E-state index in [4.69, 9.17) is 14.6 Å². The Morgan fingerprint density at radius 1 is 1.50 bits per heavy atom. The third kappa shape index (κ3) is 4.75. The zero-order valence-electron chi connectivity index (χ0n) is 11.7. The first-order valence-corrected chi connectivity index (χ1v) is 7.90. The first-order chi connectivity index (χ1) is 9.79. The molecule has 4 heteroatoms. The van der Waals surface area contributed by atoms with E-state index in [1.54, 1.807) is 0 Å². The fraction of sp³-hybridized carbons (Fsp3) is 0.500. The molecule has 1 heterocycles. The van der Waals surface area contributed by atoms with Crippen LogP contribution in [0.2, 0.25) is 0 Å². The Morgan fingerprint density at radius 2 is 2.40 bits per heavy atom. The summed E-state index contributed by atoms with van der Waals surface area (Å²) < 4.78 is 11.3. The number of aliphatic hydroxyl groups excluding tert-OH is 1. The van der Waals surface area contributed by atoms with E-state index in [0.717, 1.165) is 30.1 Å². The maximum atomic E-state index is 8.68. The van der Waals surface area contributed by atoms with Crippen molar-refractivity contribution < 1.29 is 14.6 Å². The van der Waals surface area contributed by atoms with Crippen LogP contribution in [0.3, 0.4) is 0 Å². The van der Waals surface area contributed by atoms with Crippen LogP contribution in [0.4, 0.5) is 0 Å². The van der Waals surface area contributed by atoms with E-state index in [9.17, 15) is 0 Å². The largest absolute Gasteiger partial charge is 0.493 e.